The van der Waals surface area contributed by atoms with Gasteiger partial charge in [0.1, 0.15) is 78.8 Å². The summed E-state index contributed by atoms with van der Waals surface area (Å²) in [7, 11) is 0. The third-order valence-corrected chi connectivity index (χ3v) is 13.5. The van der Waals surface area contributed by atoms with E-state index in [-0.39, 0.29) is 31.3 Å². The lowest BCUT2D eigenvalue weighted by Crippen LogP contribution is -2.61. The van der Waals surface area contributed by atoms with Crippen LogP contribution in [0.5, 0.6) is 0 Å². The van der Waals surface area contributed by atoms with Gasteiger partial charge in [0.25, 0.3) is 0 Å². The van der Waals surface area contributed by atoms with Gasteiger partial charge in [-0.2, -0.15) is 0 Å². The van der Waals surface area contributed by atoms with Crippen LogP contribution < -0.4 is 59.7 Å². The van der Waals surface area contributed by atoms with E-state index in [4.69, 9.17) is 26.7 Å². The molecule has 2 rings (SSSR count). The molecule has 1 aromatic rings. The number of aliphatic hydroxyl groups is 6. The Morgan fingerprint density at radius 2 is 1.02 bits per heavy atom. The number of aliphatic hydroxyl groups excluding tert-OH is 6. The number of carboxylic acid groups (broad SMARTS) is 2. The Morgan fingerprint density at radius 3 is 1.49 bits per heavy atom. The first-order chi connectivity index (χ1) is 40.2. The zero-order valence-electron chi connectivity index (χ0n) is 48.1. The molecule has 15 atom stereocenters. The summed E-state index contributed by atoms with van der Waals surface area (Å²) in [4.78, 5) is 157. The predicted octanol–water partition coefficient (Wildman–Crippen LogP) is -7.29. The van der Waals surface area contributed by atoms with Gasteiger partial charge in [-0.05, 0) is 61.1 Å². The molecule has 22 N–H and O–H groups in total. The van der Waals surface area contributed by atoms with Crippen LogP contribution in [-0.2, 0) is 73.6 Å². The van der Waals surface area contributed by atoms with Gasteiger partial charge in [0.05, 0.1) is 45.2 Å². The quantitative estimate of drug-likeness (QED) is 0.0294. The molecule has 0 bridgehead atoms. The van der Waals surface area contributed by atoms with Crippen molar-refractivity contribution in [1.29, 1.82) is 0 Å². The average Bonchev–Trinajstić information content (AvgIpc) is 2.98. The zero-order chi connectivity index (χ0) is 65.3. The maximum atomic E-state index is 14.3. The predicted molar refractivity (Wildman–Crippen MR) is 301 cm³/mol. The Bertz CT molecular complexity index is 2540. The molecule has 0 unspecified atom stereocenters. The first-order valence-corrected chi connectivity index (χ1v) is 28.0. The number of rotatable bonds is 37. The molecule has 1 fully saturated rings. The fraction of sp³-hybridized carbons (Fsp3) is 0.615. The monoisotopic (exact) mass is 1240 g/mol. The van der Waals surface area contributed by atoms with Gasteiger partial charge in [-0.25, -0.2) is 4.79 Å². The summed E-state index contributed by atoms with van der Waals surface area (Å²) >= 11 is 0.855. The number of nitrogens with one attached hydrogen (secondary N) is 8. The van der Waals surface area contributed by atoms with Crippen molar-refractivity contribution in [2.24, 2.45) is 29.0 Å². The van der Waals surface area contributed by atoms with Gasteiger partial charge in [-0.1, -0.05) is 52.0 Å². The maximum absolute atomic E-state index is 14.3. The number of carbonyl (C=O) groups excluding carboxylic acids is 10. The normalized spacial score (nSPS) is 20.2. The van der Waals surface area contributed by atoms with Crippen molar-refractivity contribution in [2.75, 3.05) is 19.0 Å². The fourth-order valence-corrected chi connectivity index (χ4v) is 8.68. The second-order valence-electron chi connectivity index (χ2n) is 21.0. The van der Waals surface area contributed by atoms with Crippen LogP contribution in [0, 0.1) is 11.8 Å². The molecular formula is C52H81N11O22S. The molecule has 10 amide bonds. The van der Waals surface area contributed by atoms with Gasteiger partial charge in [0.15, 0.2) is 6.29 Å². The Kier molecular flexibility index (Phi) is 31.7. The third-order valence-electron chi connectivity index (χ3n) is 12.6. The molecule has 34 heteroatoms. The number of carbonyl (C=O) groups is 12. The van der Waals surface area contributed by atoms with Crippen molar-refractivity contribution in [3.8, 4) is 0 Å². The van der Waals surface area contributed by atoms with E-state index in [0.29, 0.717) is 11.1 Å². The van der Waals surface area contributed by atoms with Crippen molar-refractivity contribution in [3.63, 3.8) is 0 Å². The minimum absolute atomic E-state index is 0.0653. The van der Waals surface area contributed by atoms with Crippen LogP contribution in [0.3, 0.4) is 0 Å². The van der Waals surface area contributed by atoms with Crippen LogP contribution >= 0.6 is 11.8 Å². The molecule has 86 heavy (non-hydrogen) atoms. The van der Waals surface area contributed by atoms with Crippen molar-refractivity contribution in [2.45, 2.75) is 171 Å². The summed E-state index contributed by atoms with van der Waals surface area (Å²) in [6.45, 7) is 7.21. The molecule has 0 saturated carbocycles. The molecule has 0 spiro atoms. The number of ether oxygens (including phenoxy) is 2. The molecule has 1 aromatic carbocycles. The van der Waals surface area contributed by atoms with Crippen molar-refractivity contribution < 1.29 is 108 Å². The van der Waals surface area contributed by atoms with Gasteiger partial charge in [0, 0.05) is 5.75 Å². The highest BCUT2D eigenvalue weighted by Crippen LogP contribution is 2.23. The third kappa shape index (κ3) is 25.7. The summed E-state index contributed by atoms with van der Waals surface area (Å²) in [6.07, 6.45) is -10.6. The van der Waals surface area contributed by atoms with E-state index in [1.807, 2.05) is 10.6 Å². The zero-order valence-corrected chi connectivity index (χ0v) is 48.9. The number of nitrogens with two attached hydrogens (primary N) is 3. The van der Waals surface area contributed by atoms with Crippen LogP contribution in [0.1, 0.15) is 84.8 Å². The van der Waals surface area contributed by atoms with Crippen LogP contribution in [0.15, 0.2) is 29.7 Å². The lowest BCUT2D eigenvalue weighted by Gasteiger charge is -2.39. The largest absolute Gasteiger partial charge is 0.481 e. The second kappa shape index (κ2) is 36.6. The van der Waals surface area contributed by atoms with Gasteiger partial charge in [-0.15, -0.1) is 11.8 Å². The standard InChI is InChI=1S/C52H81N11O22S/c1-22(2)13-28(57-43(74)24(5)56-50(81)39(55)25(6)66)44(75)58-30(16-37(54)68)46(77)63-34(21-86-12-11-26-7-9-27(10-8-26)20-84-52-42(73)41(72)40(71)35(19-65)85-52)49(80)59-29(15-36(53)67)45(76)60-31(17-38(69)70)47(78)62-33(18-64)48(79)61-32(51(82)83)14-23(3)4/h7-12,22-25,28-35,39-42,52,64-66,71-73H,13-21,55H2,1-6H3,(H2,53,67)(H2,54,68)(H,56,81)(H,57,74)(H,58,75)(H,59,80)(H,60,76)(H,61,79)(H,62,78)(H,63,77)(H,69,70)(H,82,83)/b12-11+/t24-,25+,28-,29-,30-,31-,32-,33-,34-,35+,39-,40+,41-,42+,52+/m0/s1. The number of benzene rings is 1. The van der Waals surface area contributed by atoms with Gasteiger partial charge in [0.2, 0.25) is 59.1 Å². The van der Waals surface area contributed by atoms with E-state index >= 15 is 0 Å². The Hall–Kier alpha value is -7.41. The average molecular weight is 1240 g/mol. The number of hydrogen-bond acceptors (Lipinski definition) is 22. The number of carboxylic acids is 2. The Morgan fingerprint density at radius 1 is 0.581 bits per heavy atom. The summed E-state index contributed by atoms with van der Waals surface area (Å²) < 4.78 is 10.9. The number of hydrogen-bond donors (Lipinski definition) is 19. The summed E-state index contributed by atoms with van der Waals surface area (Å²) in [5.41, 5.74) is 17.6. The second-order valence-corrected chi connectivity index (χ2v) is 22.0. The van der Waals surface area contributed by atoms with E-state index in [1.165, 1.54) is 25.3 Å². The first kappa shape index (κ1) is 74.7. The van der Waals surface area contributed by atoms with E-state index in [9.17, 15) is 98.4 Å². The molecule has 0 aliphatic carbocycles. The molecular weight excluding hydrogens is 1160 g/mol. The van der Waals surface area contributed by atoms with E-state index in [0.717, 1.165) is 11.8 Å². The SMILES string of the molecule is CC(C)C[C@H](NC(=O)[C@H](CO)NC(=O)[C@H](CC(=O)O)NC(=O)[C@H](CC(N)=O)NC(=O)[C@H](CS/C=C/c1ccc(CO[C@@H]2O[C@H](CO)[C@@H](O)[C@H](O)[C@H]2O)cc1)NC(=O)[C@H](CC(N)=O)NC(=O)[C@H](CC(C)C)NC(=O)[C@H](C)NC(=O)[C@@H](N)[C@@H](C)O)C(=O)O. The first-order valence-electron chi connectivity index (χ1n) is 27.0. The fourth-order valence-electron chi connectivity index (χ4n) is 7.89. The van der Waals surface area contributed by atoms with Crippen LogP contribution in [0.2, 0.25) is 0 Å². The molecule has 1 aliphatic heterocycles. The van der Waals surface area contributed by atoms with Crippen LogP contribution in [-0.4, -0.2) is 222 Å². The van der Waals surface area contributed by atoms with Gasteiger partial charge in [-0.3, -0.25) is 52.7 Å². The highest BCUT2D eigenvalue weighted by atomic mass is 32.2. The number of amides is 10. The van der Waals surface area contributed by atoms with Gasteiger partial charge < -0.3 is 110 Å². The minimum atomic E-state index is -2.11. The van der Waals surface area contributed by atoms with Crippen LogP contribution in [0.25, 0.3) is 6.08 Å². The number of thioether (sulfide) groups is 1. The summed E-state index contributed by atoms with van der Waals surface area (Å²) in [5, 5.41) is 98.2. The summed E-state index contributed by atoms with van der Waals surface area (Å²) in [5.74, 6) is -15.9. The highest BCUT2D eigenvalue weighted by molar-refractivity contribution is 8.02. The van der Waals surface area contributed by atoms with Crippen LogP contribution in [0.4, 0.5) is 0 Å². The van der Waals surface area contributed by atoms with Crippen molar-refractivity contribution in [1.82, 2.24) is 42.5 Å². The number of aliphatic carboxylic acids is 2. The topological polar surface area (TPSA) is 559 Å². The van der Waals surface area contributed by atoms with E-state index in [2.05, 4.69) is 31.9 Å². The lowest BCUT2D eigenvalue weighted by molar-refractivity contribution is -0.304. The van der Waals surface area contributed by atoms with E-state index < -0.39 is 200 Å². The Balaban J connectivity index is 2.52. The summed E-state index contributed by atoms with van der Waals surface area (Å²) in [6, 6.07) is -8.97. The molecule has 0 radical (unpaired) electrons. The van der Waals surface area contributed by atoms with Crippen molar-refractivity contribution >= 4 is 88.8 Å². The van der Waals surface area contributed by atoms with Crippen molar-refractivity contribution in [3.05, 3.63) is 40.8 Å². The number of primary amides is 2. The molecule has 1 heterocycles. The van der Waals surface area contributed by atoms with E-state index in [1.54, 1.807) is 52.0 Å². The molecule has 1 saturated heterocycles. The smallest absolute Gasteiger partial charge is 0.326 e. The molecule has 1 aliphatic rings. The van der Waals surface area contributed by atoms with Gasteiger partial charge >= 0.3 is 11.9 Å². The Labute approximate surface area is 498 Å². The lowest BCUT2D eigenvalue weighted by atomic mass is 9.99. The molecule has 33 nitrogen and oxygen atoms in total. The highest BCUT2D eigenvalue weighted by Gasteiger charge is 2.44. The molecule has 482 valence electrons. The minimum Gasteiger partial charge on any atom is -0.481 e. The maximum Gasteiger partial charge on any atom is 0.326 e. The molecule has 0 aromatic heterocycles.